The number of halogens is 1. The second-order valence-electron chi connectivity index (χ2n) is 10.1. The summed E-state index contributed by atoms with van der Waals surface area (Å²) in [5.74, 6) is 0.907. The summed E-state index contributed by atoms with van der Waals surface area (Å²) < 4.78 is 0. The lowest BCUT2D eigenvalue weighted by molar-refractivity contribution is 0.0915. The van der Waals surface area contributed by atoms with Crippen molar-refractivity contribution in [3.05, 3.63) is 70.9 Å². The number of hydrogen-bond acceptors (Lipinski definition) is 3. The first-order valence-corrected chi connectivity index (χ1v) is 12.8. The fourth-order valence-corrected chi connectivity index (χ4v) is 5.63. The summed E-state index contributed by atoms with van der Waals surface area (Å²) in [6.07, 6.45) is 7.84. The van der Waals surface area contributed by atoms with Gasteiger partial charge in [0.15, 0.2) is 5.78 Å². The van der Waals surface area contributed by atoms with Crippen LogP contribution >= 0.6 is 12.4 Å². The van der Waals surface area contributed by atoms with Crippen molar-refractivity contribution in [2.24, 2.45) is 5.92 Å². The van der Waals surface area contributed by atoms with Gasteiger partial charge in [0.25, 0.3) is 5.91 Å². The summed E-state index contributed by atoms with van der Waals surface area (Å²) in [4.78, 5) is 30.3. The van der Waals surface area contributed by atoms with Crippen LogP contribution in [0, 0.1) is 5.92 Å². The van der Waals surface area contributed by atoms with Gasteiger partial charge in [-0.2, -0.15) is 0 Å². The summed E-state index contributed by atoms with van der Waals surface area (Å²) in [7, 11) is 0. The van der Waals surface area contributed by atoms with Crippen molar-refractivity contribution in [3.63, 3.8) is 0 Å². The molecule has 2 heterocycles. The summed E-state index contributed by atoms with van der Waals surface area (Å²) >= 11 is 0. The van der Waals surface area contributed by atoms with E-state index in [1.807, 2.05) is 36.4 Å². The third-order valence-corrected chi connectivity index (χ3v) is 7.82. The number of H-pyrrole nitrogens is 1. The van der Waals surface area contributed by atoms with Crippen LogP contribution in [0.5, 0.6) is 0 Å². The van der Waals surface area contributed by atoms with Crippen molar-refractivity contribution in [1.82, 2.24) is 15.2 Å². The lowest BCUT2D eigenvalue weighted by Crippen LogP contribution is -2.38. The average Bonchev–Trinajstić information content (AvgIpc) is 3.19. The Bertz CT molecular complexity index is 1150. The van der Waals surface area contributed by atoms with Crippen LogP contribution in [-0.2, 0) is 12.8 Å². The summed E-state index contributed by atoms with van der Waals surface area (Å²) in [6, 6.07) is 16.5. The number of para-hydroxylation sites is 1. The average molecular weight is 494 g/mol. The van der Waals surface area contributed by atoms with Crippen molar-refractivity contribution in [2.45, 2.75) is 57.9 Å². The van der Waals surface area contributed by atoms with Crippen molar-refractivity contribution in [3.8, 4) is 0 Å². The van der Waals surface area contributed by atoms with E-state index >= 15 is 0 Å². The zero-order chi connectivity index (χ0) is 23.5. The smallest absolute Gasteiger partial charge is 0.267 e. The van der Waals surface area contributed by atoms with E-state index in [0.29, 0.717) is 5.69 Å². The Balaban J connectivity index is 0.00000289. The minimum atomic E-state index is 0. The van der Waals surface area contributed by atoms with Gasteiger partial charge in [-0.25, -0.2) is 0 Å². The SMILES string of the molecule is CC(=O)c1ccc2c(c1)CCN(CCC1CCC(NC(=O)c3cc4ccccc4[nH]3)CC1)CC2.Cl. The van der Waals surface area contributed by atoms with Crippen molar-refractivity contribution >= 4 is 35.0 Å². The number of rotatable bonds is 6. The number of fused-ring (bicyclic) bond motifs is 2. The molecular formula is C29H36ClN3O2. The highest BCUT2D eigenvalue weighted by molar-refractivity contribution is 5.98. The number of aromatic amines is 1. The van der Waals surface area contributed by atoms with Gasteiger partial charge in [-0.15, -0.1) is 12.4 Å². The van der Waals surface area contributed by atoms with E-state index in [-0.39, 0.29) is 30.1 Å². The van der Waals surface area contributed by atoms with Gasteiger partial charge in [-0.3, -0.25) is 9.59 Å². The largest absolute Gasteiger partial charge is 0.351 e. The van der Waals surface area contributed by atoms with Crippen LogP contribution in [0.4, 0.5) is 0 Å². The monoisotopic (exact) mass is 493 g/mol. The van der Waals surface area contributed by atoms with Gasteiger partial charge in [0, 0.05) is 35.6 Å². The zero-order valence-electron chi connectivity index (χ0n) is 20.5. The van der Waals surface area contributed by atoms with Gasteiger partial charge < -0.3 is 15.2 Å². The van der Waals surface area contributed by atoms with Gasteiger partial charge >= 0.3 is 0 Å². The quantitative estimate of drug-likeness (QED) is 0.441. The normalized spacial score (nSPS) is 20.5. The maximum Gasteiger partial charge on any atom is 0.267 e. The molecule has 2 aromatic carbocycles. The predicted octanol–water partition coefficient (Wildman–Crippen LogP) is 5.57. The van der Waals surface area contributed by atoms with Gasteiger partial charge in [0.05, 0.1) is 0 Å². The van der Waals surface area contributed by atoms with Crippen LogP contribution in [0.3, 0.4) is 0 Å². The van der Waals surface area contributed by atoms with Crippen molar-refractivity contribution in [1.29, 1.82) is 0 Å². The second kappa shape index (κ2) is 11.4. The maximum atomic E-state index is 12.7. The fourth-order valence-electron chi connectivity index (χ4n) is 5.63. The number of Topliss-reactive ketones (excluding diaryl/α,β-unsaturated/α-hetero) is 1. The highest BCUT2D eigenvalue weighted by atomic mass is 35.5. The Hall–Kier alpha value is -2.63. The van der Waals surface area contributed by atoms with Crippen LogP contribution in [-0.4, -0.2) is 47.3 Å². The van der Waals surface area contributed by atoms with Gasteiger partial charge in [-0.1, -0.05) is 30.3 Å². The number of ketones is 1. The number of hydrogen-bond donors (Lipinski definition) is 2. The first kappa shape index (κ1) is 25.5. The number of nitrogens with one attached hydrogen (secondary N) is 2. The molecule has 1 aliphatic heterocycles. The molecule has 5 rings (SSSR count). The standard InChI is InChI=1S/C29H35N3O2.ClH/c1-20(33)23-9-8-22-13-16-32(17-14-24(22)18-23)15-12-21-6-10-26(11-7-21)30-29(34)28-19-25-4-2-3-5-27(25)31-28;/h2-5,8-9,18-19,21,26,31H,6-7,10-17H2,1H3,(H,30,34);1H. The number of amides is 1. The molecule has 0 bridgehead atoms. The minimum Gasteiger partial charge on any atom is -0.351 e. The molecule has 3 aromatic rings. The van der Waals surface area contributed by atoms with Gasteiger partial charge in [0.2, 0.25) is 0 Å². The lowest BCUT2D eigenvalue weighted by Gasteiger charge is -2.30. The summed E-state index contributed by atoms with van der Waals surface area (Å²) in [6.45, 7) is 4.96. The third-order valence-electron chi connectivity index (χ3n) is 7.82. The minimum absolute atomic E-state index is 0. The van der Waals surface area contributed by atoms with Crippen LogP contribution < -0.4 is 5.32 Å². The highest BCUT2D eigenvalue weighted by Gasteiger charge is 2.24. The lowest BCUT2D eigenvalue weighted by atomic mass is 9.84. The summed E-state index contributed by atoms with van der Waals surface area (Å²) in [5.41, 5.74) is 5.24. The van der Waals surface area contributed by atoms with E-state index in [0.717, 1.165) is 67.7 Å². The fraction of sp³-hybridized carbons (Fsp3) is 0.448. The van der Waals surface area contributed by atoms with Gasteiger partial charge in [0.1, 0.15) is 5.69 Å². The van der Waals surface area contributed by atoms with Crippen LogP contribution in [0.15, 0.2) is 48.5 Å². The molecule has 0 saturated heterocycles. The Labute approximate surface area is 214 Å². The third kappa shape index (κ3) is 6.14. The molecule has 0 spiro atoms. The van der Waals surface area contributed by atoms with Gasteiger partial charge in [-0.05, 0) is 93.7 Å². The molecule has 6 heteroatoms. The number of carbonyl (C=O) groups excluding carboxylic acids is 2. The molecule has 1 saturated carbocycles. The van der Waals surface area contributed by atoms with E-state index in [4.69, 9.17) is 0 Å². The Kier molecular flexibility index (Phi) is 8.30. The molecule has 0 radical (unpaired) electrons. The number of benzene rings is 2. The molecule has 35 heavy (non-hydrogen) atoms. The molecule has 2 aliphatic rings. The summed E-state index contributed by atoms with van der Waals surface area (Å²) in [5, 5.41) is 4.32. The maximum absolute atomic E-state index is 12.7. The number of aromatic nitrogens is 1. The molecule has 0 atom stereocenters. The van der Waals surface area contributed by atoms with E-state index in [1.165, 1.54) is 30.4 Å². The second-order valence-corrected chi connectivity index (χ2v) is 10.1. The number of nitrogens with zero attached hydrogens (tertiary/aromatic N) is 1. The molecule has 1 aromatic heterocycles. The Morgan fingerprint density at radius 3 is 2.46 bits per heavy atom. The number of carbonyl (C=O) groups is 2. The Morgan fingerprint density at radius 1 is 0.971 bits per heavy atom. The molecule has 2 N–H and O–H groups in total. The molecule has 186 valence electrons. The first-order chi connectivity index (χ1) is 16.5. The zero-order valence-corrected chi connectivity index (χ0v) is 21.3. The van der Waals surface area contributed by atoms with Crippen molar-refractivity contribution < 1.29 is 9.59 Å². The predicted molar refractivity (Wildman–Crippen MR) is 144 cm³/mol. The van der Waals surface area contributed by atoms with Crippen LogP contribution in [0.1, 0.15) is 71.0 Å². The highest BCUT2D eigenvalue weighted by Crippen LogP contribution is 2.28. The molecular weight excluding hydrogens is 458 g/mol. The molecule has 1 amide bonds. The topological polar surface area (TPSA) is 65.2 Å². The molecule has 0 unspecified atom stereocenters. The first-order valence-electron chi connectivity index (χ1n) is 12.8. The van der Waals surface area contributed by atoms with Crippen molar-refractivity contribution in [2.75, 3.05) is 19.6 Å². The van der Waals surface area contributed by atoms with Crippen LogP contribution in [0.2, 0.25) is 0 Å². The van der Waals surface area contributed by atoms with E-state index < -0.39 is 0 Å². The van der Waals surface area contributed by atoms with E-state index in [1.54, 1.807) is 6.92 Å². The Morgan fingerprint density at radius 2 is 1.71 bits per heavy atom. The molecule has 1 aliphatic carbocycles. The molecule has 5 nitrogen and oxygen atoms in total. The van der Waals surface area contributed by atoms with Crippen LogP contribution in [0.25, 0.3) is 10.9 Å². The van der Waals surface area contributed by atoms with E-state index in [9.17, 15) is 9.59 Å². The molecule has 1 fully saturated rings. The van der Waals surface area contributed by atoms with E-state index in [2.05, 4.69) is 27.3 Å².